The van der Waals surface area contributed by atoms with Crippen LogP contribution in [0, 0.1) is 12.8 Å². The van der Waals surface area contributed by atoms with Crippen LogP contribution in [0.3, 0.4) is 0 Å². The van der Waals surface area contributed by atoms with Crippen LogP contribution in [0.15, 0.2) is 6.20 Å². The first kappa shape index (κ1) is 14.6. The molecule has 1 N–H and O–H groups in total. The molecule has 6 heteroatoms. The summed E-state index contributed by atoms with van der Waals surface area (Å²) in [6, 6.07) is 0.175. The second-order valence-electron chi connectivity index (χ2n) is 5.15. The molecule has 20 heavy (non-hydrogen) atoms. The number of rotatable bonds is 4. The van der Waals surface area contributed by atoms with Gasteiger partial charge in [0.2, 0.25) is 0 Å². The fraction of sp³-hybridized carbons (Fsp3) is 0.643. The molecule has 1 heterocycles. The van der Waals surface area contributed by atoms with Crippen molar-refractivity contribution in [3.05, 3.63) is 17.5 Å². The summed E-state index contributed by atoms with van der Waals surface area (Å²) in [5.41, 5.74) is 0.926. The number of ether oxygens (including phenoxy) is 1. The van der Waals surface area contributed by atoms with Crippen molar-refractivity contribution < 1.29 is 19.4 Å². The highest BCUT2D eigenvalue weighted by atomic mass is 16.5. The number of carbonyl (C=O) groups excluding carboxylic acids is 1. The Morgan fingerprint density at radius 3 is 2.55 bits per heavy atom. The quantitative estimate of drug-likeness (QED) is 0.855. The minimum atomic E-state index is -0.950. The summed E-state index contributed by atoms with van der Waals surface area (Å²) >= 11 is 0. The summed E-state index contributed by atoms with van der Waals surface area (Å²) in [4.78, 5) is 22.7. The molecule has 1 aliphatic carbocycles. The van der Waals surface area contributed by atoms with Gasteiger partial charge in [-0.15, -0.1) is 0 Å². The van der Waals surface area contributed by atoms with Crippen molar-refractivity contribution in [1.29, 1.82) is 0 Å². The molecule has 0 amide bonds. The van der Waals surface area contributed by atoms with Crippen LogP contribution in [0.5, 0.6) is 0 Å². The van der Waals surface area contributed by atoms with Crippen molar-refractivity contribution in [2.75, 3.05) is 6.61 Å². The van der Waals surface area contributed by atoms with E-state index in [1.165, 1.54) is 6.20 Å². The second-order valence-corrected chi connectivity index (χ2v) is 5.15. The van der Waals surface area contributed by atoms with Gasteiger partial charge in [0.25, 0.3) is 0 Å². The Hall–Kier alpha value is -1.85. The number of aromatic nitrogens is 2. The molecule has 1 fully saturated rings. The molecule has 1 saturated carbocycles. The van der Waals surface area contributed by atoms with E-state index in [-0.39, 0.29) is 23.5 Å². The van der Waals surface area contributed by atoms with Crippen LogP contribution in [-0.2, 0) is 9.53 Å². The van der Waals surface area contributed by atoms with Crippen molar-refractivity contribution >= 4 is 11.9 Å². The highest BCUT2D eigenvalue weighted by Crippen LogP contribution is 2.33. The topological polar surface area (TPSA) is 81.4 Å². The van der Waals surface area contributed by atoms with E-state index in [9.17, 15) is 9.59 Å². The zero-order valence-corrected chi connectivity index (χ0v) is 11.8. The van der Waals surface area contributed by atoms with E-state index in [2.05, 4.69) is 5.10 Å². The van der Waals surface area contributed by atoms with Gasteiger partial charge in [-0.25, -0.2) is 4.79 Å². The molecule has 0 aromatic carbocycles. The van der Waals surface area contributed by atoms with Gasteiger partial charge in [0.1, 0.15) is 5.56 Å². The van der Waals surface area contributed by atoms with Gasteiger partial charge in [-0.2, -0.15) is 5.10 Å². The maximum atomic E-state index is 11.7. The Morgan fingerprint density at radius 1 is 1.40 bits per heavy atom. The number of esters is 1. The van der Waals surface area contributed by atoms with Gasteiger partial charge < -0.3 is 9.84 Å². The van der Waals surface area contributed by atoms with E-state index in [1.54, 1.807) is 11.6 Å². The SMILES string of the molecule is CCOC(=O)C1CCC(n2ncc(C(=O)O)c2C)CC1. The summed E-state index contributed by atoms with van der Waals surface area (Å²) in [7, 11) is 0. The molecule has 0 bridgehead atoms. The number of hydrogen-bond donors (Lipinski definition) is 1. The maximum Gasteiger partial charge on any atom is 0.339 e. The second kappa shape index (κ2) is 6.07. The van der Waals surface area contributed by atoms with E-state index in [0.29, 0.717) is 12.3 Å². The van der Waals surface area contributed by atoms with Gasteiger partial charge in [-0.05, 0) is 39.5 Å². The molecule has 0 aliphatic heterocycles. The summed E-state index contributed by atoms with van der Waals surface area (Å²) in [6.45, 7) is 4.00. The summed E-state index contributed by atoms with van der Waals surface area (Å²) < 4.78 is 6.83. The van der Waals surface area contributed by atoms with Gasteiger partial charge in [0, 0.05) is 0 Å². The van der Waals surface area contributed by atoms with Crippen LogP contribution < -0.4 is 0 Å². The first-order valence-electron chi connectivity index (χ1n) is 6.98. The number of carbonyl (C=O) groups is 2. The normalized spacial score (nSPS) is 22.5. The Labute approximate surface area is 117 Å². The number of nitrogens with zero attached hydrogens (tertiary/aromatic N) is 2. The fourth-order valence-corrected chi connectivity index (χ4v) is 2.82. The molecule has 1 aromatic rings. The smallest absolute Gasteiger partial charge is 0.339 e. The Balaban J connectivity index is 2.00. The molecule has 0 saturated heterocycles. The lowest BCUT2D eigenvalue weighted by atomic mass is 9.86. The largest absolute Gasteiger partial charge is 0.478 e. The van der Waals surface area contributed by atoms with Crippen LogP contribution in [0.1, 0.15) is 54.7 Å². The number of carboxylic acid groups (broad SMARTS) is 1. The van der Waals surface area contributed by atoms with Crippen LogP contribution in [0.2, 0.25) is 0 Å². The zero-order chi connectivity index (χ0) is 14.7. The fourth-order valence-electron chi connectivity index (χ4n) is 2.82. The Kier molecular flexibility index (Phi) is 4.42. The highest BCUT2D eigenvalue weighted by Gasteiger charge is 2.29. The molecule has 0 spiro atoms. The first-order valence-corrected chi connectivity index (χ1v) is 6.98. The predicted molar refractivity (Wildman–Crippen MR) is 71.6 cm³/mol. The molecule has 0 radical (unpaired) electrons. The minimum Gasteiger partial charge on any atom is -0.478 e. The van der Waals surface area contributed by atoms with Crippen LogP contribution in [-0.4, -0.2) is 33.4 Å². The van der Waals surface area contributed by atoms with Crippen LogP contribution >= 0.6 is 0 Å². The number of hydrogen-bond acceptors (Lipinski definition) is 4. The highest BCUT2D eigenvalue weighted by molar-refractivity contribution is 5.88. The van der Waals surface area contributed by atoms with Crippen molar-refractivity contribution in [2.24, 2.45) is 5.92 Å². The molecule has 0 atom stereocenters. The number of aromatic carboxylic acids is 1. The van der Waals surface area contributed by atoms with Gasteiger partial charge in [0.05, 0.1) is 30.5 Å². The van der Waals surface area contributed by atoms with Crippen molar-refractivity contribution in [3.63, 3.8) is 0 Å². The van der Waals surface area contributed by atoms with E-state index in [4.69, 9.17) is 9.84 Å². The van der Waals surface area contributed by atoms with Gasteiger partial charge in [0.15, 0.2) is 0 Å². The van der Waals surface area contributed by atoms with Gasteiger partial charge >= 0.3 is 11.9 Å². The third-order valence-corrected chi connectivity index (χ3v) is 3.94. The maximum absolute atomic E-state index is 11.7. The van der Waals surface area contributed by atoms with E-state index in [1.807, 2.05) is 6.92 Å². The average molecular weight is 280 g/mol. The first-order chi connectivity index (χ1) is 9.54. The van der Waals surface area contributed by atoms with Crippen LogP contribution in [0.4, 0.5) is 0 Å². The Bertz CT molecular complexity index is 501. The molecular formula is C14H20N2O4. The summed E-state index contributed by atoms with van der Waals surface area (Å²) in [5.74, 6) is -1.09. The van der Waals surface area contributed by atoms with E-state index >= 15 is 0 Å². The van der Waals surface area contributed by atoms with Gasteiger partial charge in [-0.3, -0.25) is 9.48 Å². The molecule has 2 rings (SSSR count). The zero-order valence-electron chi connectivity index (χ0n) is 11.8. The third-order valence-electron chi connectivity index (χ3n) is 3.94. The van der Waals surface area contributed by atoms with Crippen molar-refractivity contribution in [3.8, 4) is 0 Å². The van der Waals surface area contributed by atoms with Crippen LogP contribution in [0.25, 0.3) is 0 Å². The molecule has 6 nitrogen and oxygen atoms in total. The average Bonchev–Trinajstić information content (AvgIpc) is 2.81. The molecule has 0 unspecified atom stereocenters. The monoisotopic (exact) mass is 280 g/mol. The van der Waals surface area contributed by atoms with Gasteiger partial charge in [-0.1, -0.05) is 0 Å². The molecular weight excluding hydrogens is 260 g/mol. The van der Waals surface area contributed by atoms with Crippen molar-refractivity contribution in [1.82, 2.24) is 9.78 Å². The lowest BCUT2D eigenvalue weighted by Crippen LogP contribution is -2.26. The molecule has 110 valence electrons. The number of carboxylic acids is 1. The summed E-state index contributed by atoms with van der Waals surface area (Å²) in [6.07, 6.45) is 4.58. The Morgan fingerprint density at radius 2 is 2.05 bits per heavy atom. The van der Waals surface area contributed by atoms with Crippen molar-refractivity contribution in [2.45, 2.75) is 45.6 Å². The third kappa shape index (κ3) is 2.84. The van der Waals surface area contributed by atoms with E-state index < -0.39 is 5.97 Å². The lowest BCUT2D eigenvalue weighted by molar-refractivity contribution is -0.149. The predicted octanol–water partition coefficient (Wildman–Crippen LogP) is 2.18. The summed E-state index contributed by atoms with van der Waals surface area (Å²) in [5, 5.41) is 13.2. The molecule has 1 aromatic heterocycles. The lowest BCUT2D eigenvalue weighted by Gasteiger charge is -2.28. The molecule has 1 aliphatic rings. The minimum absolute atomic E-state index is 0.0268. The standard InChI is InChI=1S/C14H20N2O4/c1-3-20-14(19)10-4-6-11(7-5-10)16-9(2)12(8-15-16)13(17)18/h8,10-11H,3-7H2,1-2H3,(H,17,18). The van der Waals surface area contributed by atoms with E-state index in [0.717, 1.165) is 25.7 Å².